The van der Waals surface area contributed by atoms with Gasteiger partial charge in [0.15, 0.2) is 0 Å². The molecule has 0 rings (SSSR count). The van der Waals surface area contributed by atoms with Crippen LogP contribution < -0.4 is 0 Å². The fourth-order valence-corrected chi connectivity index (χ4v) is 1.45. The molecule has 0 bridgehead atoms. The molecule has 0 unspecified atom stereocenters. The van der Waals surface area contributed by atoms with Crippen molar-refractivity contribution < 1.29 is 2.85 Å². The van der Waals surface area contributed by atoms with Crippen molar-refractivity contribution in [1.82, 2.24) is 0 Å². The van der Waals surface area contributed by atoms with Crippen LogP contribution in [0.1, 0.15) is 54.7 Å². The molecular weight excluding hydrogens is 212 g/mol. The SMILES string of the molecule is CCCCCCCCCBr.[H-].[H-].[Mg+2]. The second-order valence-corrected chi connectivity index (χ2v) is 3.60. The Morgan fingerprint density at radius 3 is 1.82 bits per heavy atom. The van der Waals surface area contributed by atoms with Crippen LogP contribution in [0.3, 0.4) is 0 Å². The van der Waals surface area contributed by atoms with Gasteiger partial charge in [-0.25, -0.2) is 0 Å². The quantitative estimate of drug-likeness (QED) is 0.354. The molecule has 0 aromatic heterocycles. The summed E-state index contributed by atoms with van der Waals surface area (Å²) in [5.74, 6) is 0. The van der Waals surface area contributed by atoms with Crippen molar-refractivity contribution in [3.05, 3.63) is 0 Å². The van der Waals surface area contributed by atoms with E-state index in [9.17, 15) is 0 Å². The minimum atomic E-state index is 0. The van der Waals surface area contributed by atoms with Gasteiger partial charge in [0, 0.05) is 5.33 Å². The van der Waals surface area contributed by atoms with Crippen LogP contribution in [0.15, 0.2) is 0 Å². The van der Waals surface area contributed by atoms with E-state index in [1.165, 1.54) is 50.3 Å². The third-order valence-electron chi connectivity index (χ3n) is 1.74. The van der Waals surface area contributed by atoms with E-state index in [2.05, 4.69) is 22.9 Å². The first-order valence-electron chi connectivity index (χ1n) is 4.47. The first kappa shape index (κ1) is 14.8. The molecule has 0 atom stereocenters. The zero-order valence-corrected chi connectivity index (χ0v) is 10.7. The van der Waals surface area contributed by atoms with E-state index in [0.717, 1.165) is 0 Å². The second kappa shape index (κ2) is 13.8. The zero-order chi connectivity index (χ0) is 7.66. The third kappa shape index (κ3) is 14.1. The van der Waals surface area contributed by atoms with E-state index in [1.807, 2.05) is 0 Å². The molecule has 0 aliphatic rings. The Bertz CT molecular complexity index is 57.6. The van der Waals surface area contributed by atoms with Gasteiger partial charge in [-0.15, -0.1) is 0 Å². The maximum atomic E-state index is 3.43. The van der Waals surface area contributed by atoms with Gasteiger partial charge in [0.1, 0.15) is 0 Å². The van der Waals surface area contributed by atoms with Crippen molar-refractivity contribution in [2.45, 2.75) is 51.9 Å². The van der Waals surface area contributed by atoms with Gasteiger partial charge in [0.25, 0.3) is 0 Å². The molecule has 0 radical (unpaired) electrons. The van der Waals surface area contributed by atoms with Crippen LogP contribution in [0.2, 0.25) is 0 Å². The van der Waals surface area contributed by atoms with E-state index in [1.54, 1.807) is 0 Å². The summed E-state index contributed by atoms with van der Waals surface area (Å²) in [5, 5.41) is 1.18. The Hall–Kier alpha value is 1.25. The van der Waals surface area contributed by atoms with E-state index in [0.29, 0.717) is 0 Å². The number of rotatable bonds is 7. The minimum absolute atomic E-state index is 0. The number of hydrogen-bond acceptors (Lipinski definition) is 0. The number of alkyl halides is 1. The average Bonchev–Trinajstić information content (AvgIpc) is 1.97. The van der Waals surface area contributed by atoms with Gasteiger partial charge in [-0.1, -0.05) is 61.4 Å². The summed E-state index contributed by atoms with van der Waals surface area (Å²) in [6.07, 6.45) is 9.87. The Morgan fingerprint density at radius 2 is 1.36 bits per heavy atom. The molecule has 0 aliphatic heterocycles. The molecule has 0 spiro atoms. The van der Waals surface area contributed by atoms with Crippen molar-refractivity contribution in [2.24, 2.45) is 0 Å². The predicted octanol–water partition coefficient (Wildman–Crippen LogP) is 3.98. The second-order valence-electron chi connectivity index (χ2n) is 2.81. The van der Waals surface area contributed by atoms with Crippen molar-refractivity contribution in [1.29, 1.82) is 0 Å². The Kier molecular flexibility index (Phi) is 18.5. The van der Waals surface area contributed by atoms with E-state index >= 15 is 0 Å². The molecule has 0 aromatic carbocycles. The molecule has 0 fully saturated rings. The average molecular weight is 233 g/mol. The Morgan fingerprint density at radius 1 is 0.909 bits per heavy atom. The van der Waals surface area contributed by atoms with Gasteiger partial charge in [-0.2, -0.15) is 0 Å². The van der Waals surface area contributed by atoms with Gasteiger partial charge < -0.3 is 2.85 Å². The van der Waals surface area contributed by atoms with E-state index in [-0.39, 0.29) is 25.9 Å². The summed E-state index contributed by atoms with van der Waals surface area (Å²) in [7, 11) is 0. The summed E-state index contributed by atoms with van der Waals surface area (Å²) < 4.78 is 0. The van der Waals surface area contributed by atoms with Crippen molar-refractivity contribution >= 4 is 39.0 Å². The summed E-state index contributed by atoms with van der Waals surface area (Å²) in [6.45, 7) is 2.26. The van der Waals surface area contributed by atoms with Crippen LogP contribution in [0.25, 0.3) is 0 Å². The molecule has 2 heteroatoms. The largest absolute Gasteiger partial charge is 2.00 e. The first-order chi connectivity index (χ1) is 4.91. The van der Waals surface area contributed by atoms with Crippen molar-refractivity contribution in [3.8, 4) is 0 Å². The smallest absolute Gasteiger partial charge is 1.00 e. The van der Waals surface area contributed by atoms with Crippen LogP contribution in [0.4, 0.5) is 0 Å². The molecule has 0 nitrogen and oxygen atoms in total. The fourth-order valence-electron chi connectivity index (χ4n) is 1.05. The zero-order valence-electron chi connectivity index (χ0n) is 9.74. The molecule has 0 heterocycles. The van der Waals surface area contributed by atoms with E-state index < -0.39 is 0 Å². The van der Waals surface area contributed by atoms with Gasteiger partial charge in [-0.05, 0) is 6.42 Å². The monoisotopic (exact) mass is 232 g/mol. The van der Waals surface area contributed by atoms with Crippen LogP contribution >= 0.6 is 15.9 Å². The van der Waals surface area contributed by atoms with Crippen molar-refractivity contribution in [3.63, 3.8) is 0 Å². The third-order valence-corrected chi connectivity index (χ3v) is 2.30. The molecule has 0 saturated carbocycles. The minimum Gasteiger partial charge on any atom is -1.00 e. The standard InChI is InChI=1S/C9H19Br.Mg.2H/c1-2-3-4-5-6-7-8-9-10;;;/h2-9H2,1H3;;;/q;+2;2*-1. The Balaban J connectivity index is -0.000000135. The van der Waals surface area contributed by atoms with Crippen LogP contribution in [-0.2, 0) is 0 Å². The summed E-state index contributed by atoms with van der Waals surface area (Å²) in [6, 6.07) is 0. The predicted molar refractivity (Wildman–Crippen MR) is 59.8 cm³/mol. The normalized spacial score (nSPS) is 9.27. The molecule has 0 saturated heterocycles. The number of halogens is 1. The molecule has 0 aliphatic carbocycles. The summed E-state index contributed by atoms with van der Waals surface area (Å²) in [4.78, 5) is 0. The molecule has 66 valence electrons. The maximum absolute atomic E-state index is 3.43. The van der Waals surface area contributed by atoms with E-state index in [4.69, 9.17) is 0 Å². The van der Waals surface area contributed by atoms with Crippen LogP contribution in [0, 0.1) is 0 Å². The van der Waals surface area contributed by atoms with Crippen molar-refractivity contribution in [2.75, 3.05) is 5.33 Å². The van der Waals surface area contributed by atoms with Gasteiger partial charge in [0.05, 0.1) is 0 Å². The van der Waals surface area contributed by atoms with Gasteiger partial charge in [-0.3, -0.25) is 0 Å². The van der Waals surface area contributed by atoms with Crippen LogP contribution in [0.5, 0.6) is 0 Å². The maximum Gasteiger partial charge on any atom is 2.00 e. The molecule has 0 N–H and O–H groups in total. The summed E-state index contributed by atoms with van der Waals surface area (Å²) in [5.41, 5.74) is 0. The van der Waals surface area contributed by atoms with Gasteiger partial charge >= 0.3 is 23.1 Å². The first-order valence-corrected chi connectivity index (χ1v) is 5.60. The molecule has 0 aromatic rings. The fraction of sp³-hybridized carbons (Fsp3) is 1.00. The van der Waals surface area contributed by atoms with Crippen LogP contribution in [-0.4, -0.2) is 28.4 Å². The van der Waals surface area contributed by atoms with Gasteiger partial charge in [0.2, 0.25) is 0 Å². The topological polar surface area (TPSA) is 0 Å². The number of hydrogen-bond donors (Lipinski definition) is 0. The summed E-state index contributed by atoms with van der Waals surface area (Å²) >= 11 is 3.43. The number of unbranched alkanes of at least 4 members (excludes halogenated alkanes) is 6. The Labute approximate surface area is 98.8 Å². The molecule has 11 heavy (non-hydrogen) atoms. The molecule has 0 amide bonds. The molecular formula is C9H21BrMg.